The van der Waals surface area contributed by atoms with E-state index in [1.165, 1.54) is 4.90 Å². The fourth-order valence-electron chi connectivity index (χ4n) is 2.87. The molecule has 1 aliphatic heterocycles. The highest BCUT2D eigenvalue weighted by Gasteiger charge is 2.34. The number of carbonyl (C=O) groups excluding carboxylic acids is 1. The molecule has 1 N–H and O–H groups in total. The van der Waals surface area contributed by atoms with E-state index in [2.05, 4.69) is 10.3 Å². The van der Waals surface area contributed by atoms with Crippen LogP contribution < -0.4 is 5.32 Å². The molecule has 0 aliphatic carbocycles. The third-order valence-electron chi connectivity index (χ3n) is 3.98. The van der Waals surface area contributed by atoms with E-state index in [1.54, 1.807) is 35.1 Å². The van der Waals surface area contributed by atoms with Crippen LogP contribution in [-0.2, 0) is 0 Å². The first-order chi connectivity index (χ1) is 10.9. The molecule has 0 saturated carbocycles. The van der Waals surface area contributed by atoms with Crippen LogP contribution >= 0.6 is 0 Å². The first-order valence-corrected chi connectivity index (χ1v) is 7.41. The molecule has 8 heteroatoms. The van der Waals surface area contributed by atoms with Crippen molar-refractivity contribution in [2.24, 2.45) is 5.92 Å². The summed E-state index contributed by atoms with van der Waals surface area (Å²) in [4.78, 5) is 17.6. The Morgan fingerprint density at radius 2 is 2.22 bits per heavy atom. The second kappa shape index (κ2) is 6.19. The number of aromatic nitrogens is 2. The molecule has 1 atom stereocenters. The second-order valence-corrected chi connectivity index (χ2v) is 5.83. The number of imidazole rings is 1. The molecule has 1 fully saturated rings. The summed E-state index contributed by atoms with van der Waals surface area (Å²) >= 11 is 0. The van der Waals surface area contributed by atoms with E-state index in [9.17, 15) is 18.0 Å². The van der Waals surface area contributed by atoms with E-state index >= 15 is 0 Å². The molecule has 0 spiro atoms. The molecule has 5 nitrogen and oxygen atoms in total. The van der Waals surface area contributed by atoms with Crippen LogP contribution in [0.2, 0.25) is 0 Å². The Morgan fingerprint density at radius 3 is 3.00 bits per heavy atom. The number of pyridine rings is 1. The van der Waals surface area contributed by atoms with Gasteiger partial charge in [-0.05, 0) is 31.0 Å². The van der Waals surface area contributed by atoms with Crippen molar-refractivity contribution >= 4 is 11.6 Å². The lowest BCUT2D eigenvalue weighted by Crippen LogP contribution is -2.34. The molecule has 3 rings (SSSR count). The lowest BCUT2D eigenvalue weighted by atomic mass is 10.1. The number of alkyl halides is 3. The summed E-state index contributed by atoms with van der Waals surface area (Å²) in [7, 11) is 0. The van der Waals surface area contributed by atoms with Gasteiger partial charge in [-0.2, -0.15) is 13.2 Å². The zero-order valence-corrected chi connectivity index (χ0v) is 12.4. The van der Waals surface area contributed by atoms with Crippen molar-refractivity contribution in [1.29, 1.82) is 0 Å². The minimum Gasteiger partial charge on any atom is -0.352 e. The second-order valence-electron chi connectivity index (χ2n) is 5.83. The van der Waals surface area contributed by atoms with Gasteiger partial charge in [0.25, 0.3) is 5.91 Å². The van der Waals surface area contributed by atoms with Crippen LogP contribution in [0.1, 0.15) is 16.8 Å². The van der Waals surface area contributed by atoms with Crippen molar-refractivity contribution in [3.8, 4) is 0 Å². The van der Waals surface area contributed by atoms with Gasteiger partial charge >= 0.3 is 6.18 Å². The highest BCUT2D eigenvalue weighted by Crippen LogP contribution is 2.22. The fraction of sp³-hybridized carbons (Fsp3) is 0.467. The van der Waals surface area contributed by atoms with Gasteiger partial charge in [-0.1, -0.05) is 0 Å². The maximum absolute atomic E-state index is 12.4. The quantitative estimate of drug-likeness (QED) is 0.934. The number of amides is 1. The Bertz CT molecular complexity index is 697. The summed E-state index contributed by atoms with van der Waals surface area (Å²) in [5, 5.41) is 2.80. The van der Waals surface area contributed by atoms with Gasteiger partial charge in [0.2, 0.25) is 0 Å². The molecular formula is C15H17F3N4O. The zero-order chi connectivity index (χ0) is 16.4. The molecule has 3 heterocycles. The van der Waals surface area contributed by atoms with Gasteiger partial charge < -0.3 is 9.72 Å². The molecule has 0 bridgehead atoms. The molecule has 1 saturated heterocycles. The van der Waals surface area contributed by atoms with Crippen LogP contribution in [0.5, 0.6) is 0 Å². The largest absolute Gasteiger partial charge is 0.401 e. The maximum Gasteiger partial charge on any atom is 0.401 e. The van der Waals surface area contributed by atoms with Gasteiger partial charge in [0.1, 0.15) is 5.65 Å². The summed E-state index contributed by atoms with van der Waals surface area (Å²) in [5.41, 5.74) is 1.25. The maximum atomic E-state index is 12.4. The van der Waals surface area contributed by atoms with Crippen LogP contribution in [-0.4, -0.2) is 52.5 Å². The fourth-order valence-corrected chi connectivity index (χ4v) is 2.87. The summed E-state index contributed by atoms with van der Waals surface area (Å²) < 4.78 is 38.8. The Hall–Kier alpha value is -2.09. The Balaban J connectivity index is 1.51. The monoisotopic (exact) mass is 326 g/mol. The van der Waals surface area contributed by atoms with Gasteiger partial charge in [0.05, 0.1) is 12.1 Å². The smallest absolute Gasteiger partial charge is 0.352 e. The van der Waals surface area contributed by atoms with E-state index in [1.807, 2.05) is 0 Å². The third-order valence-corrected chi connectivity index (χ3v) is 3.98. The summed E-state index contributed by atoms with van der Waals surface area (Å²) in [6.07, 6.45) is 1.57. The van der Waals surface area contributed by atoms with Crippen molar-refractivity contribution < 1.29 is 18.0 Å². The van der Waals surface area contributed by atoms with Crippen molar-refractivity contribution in [1.82, 2.24) is 19.6 Å². The summed E-state index contributed by atoms with van der Waals surface area (Å²) in [6.45, 7) is 0.283. The SMILES string of the molecule is O=C(NCC1CCN(CC(F)(F)F)C1)c1ccc2nccn2c1. The van der Waals surface area contributed by atoms with Gasteiger partial charge in [-0.15, -0.1) is 0 Å². The topological polar surface area (TPSA) is 49.6 Å². The van der Waals surface area contributed by atoms with Crippen LogP contribution in [0.15, 0.2) is 30.7 Å². The normalized spacial score (nSPS) is 19.3. The van der Waals surface area contributed by atoms with E-state index in [4.69, 9.17) is 0 Å². The van der Waals surface area contributed by atoms with Gasteiger partial charge in [-0.3, -0.25) is 9.69 Å². The average Bonchev–Trinajstić information content (AvgIpc) is 3.11. The van der Waals surface area contributed by atoms with Gasteiger partial charge in [0.15, 0.2) is 0 Å². The molecule has 0 aromatic carbocycles. The first kappa shape index (κ1) is 15.8. The minimum absolute atomic E-state index is 0.0540. The average molecular weight is 326 g/mol. The van der Waals surface area contributed by atoms with Crippen LogP contribution in [0.4, 0.5) is 13.2 Å². The summed E-state index contributed by atoms with van der Waals surface area (Å²) in [6, 6.07) is 3.43. The number of nitrogens with one attached hydrogen (secondary N) is 1. The van der Waals surface area contributed by atoms with Gasteiger partial charge in [0, 0.05) is 31.7 Å². The summed E-state index contributed by atoms with van der Waals surface area (Å²) in [5.74, 6) is -0.173. The van der Waals surface area contributed by atoms with Crippen LogP contribution in [0.25, 0.3) is 5.65 Å². The van der Waals surface area contributed by atoms with Crippen molar-refractivity contribution in [3.63, 3.8) is 0 Å². The third kappa shape index (κ3) is 4.01. The van der Waals surface area contributed by atoms with Crippen LogP contribution in [0, 0.1) is 5.92 Å². The molecule has 1 unspecified atom stereocenters. The molecule has 124 valence electrons. The molecule has 1 amide bonds. The number of fused-ring (bicyclic) bond motifs is 1. The number of hydrogen-bond donors (Lipinski definition) is 1. The number of rotatable bonds is 4. The number of hydrogen-bond acceptors (Lipinski definition) is 3. The zero-order valence-electron chi connectivity index (χ0n) is 12.4. The number of carbonyl (C=O) groups is 1. The van der Waals surface area contributed by atoms with E-state index in [0.29, 0.717) is 31.6 Å². The van der Waals surface area contributed by atoms with Crippen molar-refractivity contribution in [3.05, 3.63) is 36.3 Å². The number of halogens is 3. The Kier molecular flexibility index (Phi) is 4.25. The van der Waals surface area contributed by atoms with Gasteiger partial charge in [-0.25, -0.2) is 4.98 Å². The molecule has 2 aromatic rings. The van der Waals surface area contributed by atoms with E-state index in [0.717, 1.165) is 5.65 Å². The lowest BCUT2D eigenvalue weighted by molar-refractivity contribution is -0.143. The predicted octanol–water partition coefficient (Wildman–Crippen LogP) is 1.95. The number of nitrogens with zero attached hydrogens (tertiary/aromatic N) is 3. The van der Waals surface area contributed by atoms with Crippen molar-refractivity contribution in [2.45, 2.75) is 12.6 Å². The highest BCUT2D eigenvalue weighted by atomic mass is 19.4. The van der Waals surface area contributed by atoms with E-state index in [-0.39, 0.29) is 11.8 Å². The predicted molar refractivity (Wildman–Crippen MR) is 78.1 cm³/mol. The molecule has 1 aliphatic rings. The Labute approximate surface area is 131 Å². The molecule has 2 aromatic heterocycles. The van der Waals surface area contributed by atoms with Crippen molar-refractivity contribution in [2.75, 3.05) is 26.2 Å². The first-order valence-electron chi connectivity index (χ1n) is 7.41. The minimum atomic E-state index is -4.17. The Morgan fingerprint density at radius 1 is 1.39 bits per heavy atom. The lowest BCUT2D eigenvalue weighted by Gasteiger charge is -2.18. The molecule has 0 radical (unpaired) electrons. The van der Waals surface area contributed by atoms with E-state index < -0.39 is 12.7 Å². The van der Waals surface area contributed by atoms with Crippen LogP contribution in [0.3, 0.4) is 0 Å². The molecular weight excluding hydrogens is 309 g/mol. The highest BCUT2D eigenvalue weighted by molar-refractivity contribution is 5.94. The molecule has 23 heavy (non-hydrogen) atoms. The standard InChI is InChI=1S/C15H17F3N4O/c16-15(17,18)10-21-5-3-11(8-21)7-20-14(23)12-1-2-13-19-4-6-22(13)9-12/h1-2,4,6,9,11H,3,5,7-8,10H2,(H,20,23). The number of likely N-dealkylation sites (tertiary alicyclic amines) is 1.